The number of ether oxygens (including phenoxy) is 3. The first kappa shape index (κ1) is 20.8. The minimum atomic E-state index is -0.390. The molecule has 1 rings (SSSR count). The van der Waals surface area contributed by atoms with Gasteiger partial charge in [0.1, 0.15) is 11.5 Å². The third-order valence-corrected chi connectivity index (χ3v) is 3.61. The predicted molar refractivity (Wildman–Crippen MR) is 95.8 cm³/mol. The summed E-state index contributed by atoms with van der Waals surface area (Å²) < 4.78 is 15.7. The monoisotopic (exact) mass is 351 g/mol. The van der Waals surface area contributed by atoms with Crippen LogP contribution in [0.4, 0.5) is 0 Å². The number of hydrogen-bond acceptors (Lipinski definition) is 5. The van der Waals surface area contributed by atoms with E-state index in [-0.39, 0.29) is 37.0 Å². The molecule has 1 amide bonds. The van der Waals surface area contributed by atoms with E-state index < -0.39 is 0 Å². The van der Waals surface area contributed by atoms with E-state index in [1.54, 1.807) is 12.0 Å². The number of benzene rings is 1. The zero-order valence-corrected chi connectivity index (χ0v) is 15.8. The van der Waals surface area contributed by atoms with Gasteiger partial charge in [-0.2, -0.15) is 0 Å². The van der Waals surface area contributed by atoms with Gasteiger partial charge in [0.25, 0.3) is 5.91 Å². The number of esters is 1. The zero-order chi connectivity index (χ0) is 18.8. The Kier molecular flexibility index (Phi) is 8.81. The molecule has 0 unspecified atom stereocenters. The van der Waals surface area contributed by atoms with Crippen molar-refractivity contribution in [3.05, 3.63) is 24.3 Å². The van der Waals surface area contributed by atoms with Crippen molar-refractivity contribution in [3.8, 4) is 11.5 Å². The third kappa shape index (κ3) is 7.45. The third-order valence-electron chi connectivity index (χ3n) is 3.61. The number of amides is 1. The lowest BCUT2D eigenvalue weighted by molar-refractivity contribution is -0.153. The van der Waals surface area contributed by atoms with E-state index in [2.05, 4.69) is 0 Å². The molecule has 0 aliphatic heterocycles. The highest BCUT2D eigenvalue weighted by molar-refractivity contribution is 5.81. The molecule has 0 spiro atoms. The molecule has 0 atom stereocenters. The molecule has 25 heavy (non-hydrogen) atoms. The Balaban J connectivity index is 2.25. The van der Waals surface area contributed by atoms with Crippen molar-refractivity contribution in [1.29, 1.82) is 0 Å². The van der Waals surface area contributed by atoms with Crippen LogP contribution in [-0.2, 0) is 14.3 Å². The normalized spacial score (nSPS) is 10.7. The smallest absolute Gasteiger partial charge is 0.306 e. The lowest BCUT2D eigenvalue weighted by Crippen LogP contribution is -2.44. The summed E-state index contributed by atoms with van der Waals surface area (Å²) in [6.45, 7) is 7.95. The van der Waals surface area contributed by atoms with E-state index in [0.29, 0.717) is 18.8 Å². The minimum absolute atomic E-state index is 0.0732. The van der Waals surface area contributed by atoms with E-state index in [4.69, 9.17) is 14.2 Å². The second kappa shape index (κ2) is 10.6. The van der Waals surface area contributed by atoms with Crippen molar-refractivity contribution in [2.45, 2.75) is 52.6 Å². The summed E-state index contributed by atoms with van der Waals surface area (Å²) in [5.74, 6) is 0.915. The Morgan fingerprint density at radius 2 is 1.56 bits per heavy atom. The molecule has 140 valence electrons. The number of nitrogens with zero attached hydrogens (tertiary/aromatic N) is 1. The van der Waals surface area contributed by atoms with Crippen LogP contribution in [0, 0.1) is 0 Å². The summed E-state index contributed by atoms with van der Waals surface area (Å²) in [6.07, 6.45) is 0.740. The summed E-state index contributed by atoms with van der Waals surface area (Å²) in [5.41, 5.74) is 0. The Bertz CT molecular complexity index is 531. The maximum Gasteiger partial charge on any atom is 0.306 e. The van der Waals surface area contributed by atoms with Gasteiger partial charge < -0.3 is 19.1 Å². The Labute approximate surface area is 150 Å². The van der Waals surface area contributed by atoms with Crippen LogP contribution in [0.1, 0.15) is 40.5 Å². The standard InChI is InChI=1S/C19H29NO5/c1-14(2)20(15(3)4)18(21)13-25-19(22)7-6-12-24-17-10-8-16(23-5)9-11-17/h8-11,14-15H,6-7,12-13H2,1-5H3. The zero-order valence-electron chi connectivity index (χ0n) is 15.8. The van der Waals surface area contributed by atoms with Gasteiger partial charge in [0.05, 0.1) is 13.7 Å². The van der Waals surface area contributed by atoms with Crippen LogP contribution >= 0.6 is 0 Å². The van der Waals surface area contributed by atoms with Crippen LogP contribution in [0.25, 0.3) is 0 Å². The van der Waals surface area contributed by atoms with Crippen LogP contribution in [0.3, 0.4) is 0 Å². The summed E-state index contributed by atoms with van der Waals surface area (Å²) >= 11 is 0. The maximum atomic E-state index is 12.1. The number of carbonyl (C=O) groups excluding carboxylic acids is 2. The fraction of sp³-hybridized carbons (Fsp3) is 0.579. The Morgan fingerprint density at radius 1 is 1.00 bits per heavy atom. The molecule has 0 heterocycles. The van der Waals surface area contributed by atoms with Crippen molar-refractivity contribution in [1.82, 2.24) is 4.90 Å². The fourth-order valence-corrected chi connectivity index (χ4v) is 2.54. The quantitative estimate of drug-likeness (QED) is 0.479. The SMILES string of the molecule is COc1ccc(OCCCC(=O)OCC(=O)N(C(C)C)C(C)C)cc1. The van der Waals surface area contributed by atoms with Gasteiger partial charge in [0.2, 0.25) is 0 Å². The highest BCUT2D eigenvalue weighted by atomic mass is 16.5. The summed E-state index contributed by atoms with van der Waals surface area (Å²) in [7, 11) is 1.60. The van der Waals surface area contributed by atoms with E-state index in [1.807, 2.05) is 52.0 Å². The molecule has 0 aliphatic carbocycles. The first-order valence-electron chi connectivity index (χ1n) is 8.58. The Hall–Kier alpha value is -2.24. The van der Waals surface area contributed by atoms with Gasteiger partial charge in [-0.1, -0.05) is 0 Å². The molecule has 0 N–H and O–H groups in total. The van der Waals surface area contributed by atoms with E-state index in [0.717, 1.165) is 5.75 Å². The number of rotatable bonds is 10. The van der Waals surface area contributed by atoms with Gasteiger partial charge in [-0.3, -0.25) is 9.59 Å². The van der Waals surface area contributed by atoms with Crippen LogP contribution in [-0.4, -0.2) is 49.2 Å². The van der Waals surface area contributed by atoms with Crippen molar-refractivity contribution in [3.63, 3.8) is 0 Å². The second-order valence-electron chi connectivity index (χ2n) is 6.28. The van der Waals surface area contributed by atoms with Gasteiger partial charge in [-0.25, -0.2) is 0 Å². The molecule has 0 aromatic heterocycles. The number of carbonyl (C=O) groups is 2. The van der Waals surface area contributed by atoms with Gasteiger partial charge in [-0.15, -0.1) is 0 Å². The Morgan fingerprint density at radius 3 is 2.08 bits per heavy atom. The van der Waals surface area contributed by atoms with Crippen molar-refractivity contribution in [2.75, 3.05) is 20.3 Å². The average molecular weight is 351 g/mol. The van der Waals surface area contributed by atoms with E-state index >= 15 is 0 Å². The van der Waals surface area contributed by atoms with Crippen molar-refractivity contribution >= 4 is 11.9 Å². The number of methoxy groups -OCH3 is 1. The molecular formula is C19H29NO5. The highest BCUT2D eigenvalue weighted by Crippen LogP contribution is 2.17. The van der Waals surface area contributed by atoms with Crippen LogP contribution < -0.4 is 9.47 Å². The number of hydrogen-bond donors (Lipinski definition) is 0. The van der Waals surface area contributed by atoms with Crippen LogP contribution in [0.15, 0.2) is 24.3 Å². The molecule has 0 aliphatic rings. The molecule has 6 nitrogen and oxygen atoms in total. The van der Waals surface area contributed by atoms with Crippen molar-refractivity contribution in [2.24, 2.45) is 0 Å². The molecule has 0 saturated heterocycles. The van der Waals surface area contributed by atoms with Gasteiger partial charge in [0.15, 0.2) is 6.61 Å². The maximum absolute atomic E-state index is 12.1. The summed E-state index contributed by atoms with van der Waals surface area (Å²) in [6, 6.07) is 7.38. The largest absolute Gasteiger partial charge is 0.497 e. The van der Waals surface area contributed by atoms with Crippen molar-refractivity contribution < 1.29 is 23.8 Å². The molecule has 0 radical (unpaired) electrons. The molecular weight excluding hydrogens is 322 g/mol. The topological polar surface area (TPSA) is 65.1 Å². The molecule has 0 bridgehead atoms. The molecule has 1 aromatic rings. The first-order valence-corrected chi connectivity index (χ1v) is 8.58. The van der Waals surface area contributed by atoms with Gasteiger partial charge in [-0.05, 0) is 58.4 Å². The summed E-state index contributed by atoms with van der Waals surface area (Å²) in [4.78, 5) is 25.6. The van der Waals surface area contributed by atoms with E-state index in [9.17, 15) is 9.59 Å². The molecule has 6 heteroatoms. The molecule has 1 aromatic carbocycles. The van der Waals surface area contributed by atoms with E-state index in [1.165, 1.54) is 0 Å². The van der Waals surface area contributed by atoms with Gasteiger partial charge in [0, 0.05) is 18.5 Å². The van der Waals surface area contributed by atoms with Crippen LogP contribution in [0.2, 0.25) is 0 Å². The lowest BCUT2D eigenvalue weighted by atomic mass is 10.2. The lowest BCUT2D eigenvalue weighted by Gasteiger charge is -2.30. The fourth-order valence-electron chi connectivity index (χ4n) is 2.54. The predicted octanol–water partition coefficient (Wildman–Crippen LogP) is 3.04. The van der Waals surface area contributed by atoms with Crippen LogP contribution in [0.5, 0.6) is 11.5 Å². The highest BCUT2D eigenvalue weighted by Gasteiger charge is 2.21. The second-order valence-corrected chi connectivity index (χ2v) is 6.28. The molecule has 0 fully saturated rings. The molecule has 0 saturated carbocycles. The first-order chi connectivity index (χ1) is 11.8. The minimum Gasteiger partial charge on any atom is -0.497 e. The summed E-state index contributed by atoms with van der Waals surface area (Å²) in [5, 5.41) is 0. The average Bonchev–Trinajstić information content (AvgIpc) is 2.56. The van der Waals surface area contributed by atoms with Gasteiger partial charge >= 0.3 is 5.97 Å².